The average Bonchev–Trinajstić information content (AvgIpc) is 2.29. The third-order valence-electron chi connectivity index (χ3n) is 3.96. The van der Waals surface area contributed by atoms with E-state index in [1.807, 2.05) is 6.07 Å². The Morgan fingerprint density at radius 2 is 1.95 bits per heavy atom. The van der Waals surface area contributed by atoms with E-state index >= 15 is 0 Å². The number of nitrogens with zero attached hydrogens (tertiary/aromatic N) is 1. The van der Waals surface area contributed by atoms with E-state index in [4.69, 9.17) is 18.0 Å². The third kappa shape index (κ3) is 4.29. The molecule has 0 aliphatic heterocycles. The van der Waals surface area contributed by atoms with Crippen molar-refractivity contribution in [3.8, 4) is 0 Å². The van der Waals surface area contributed by atoms with Crippen LogP contribution < -0.4 is 5.73 Å². The van der Waals surface area contributed by atoms with Crippen molar-refractivity contribution >= 4 is 17.2 Å². The van der Waals surface area contributed by atoms with Crippen molar-refractivity contribution in [3.63, 3.8) is 0 Å². The lowest BCUT2D eigenvalue weighted by molar-refractivity contribution is 0.134. The van der Waals surface area contributed by atoms with E-state index in [9.17, 15) is 0 Å². The summed E-state index contributed by atoms with van der Waals surface area (Å²) in [5.74, 6) is 0. The van der Waals surface area contributed by atoms with Gasteiger partial charge >= 0.3 is 0 Å². The van der Waals surface area contributed by atoms with Crippen molar-refractivity contribution < 1.29 is 0 Å². The van der Waals surface area contributed by atoms with Gasteiger partial charge in [0.25, 0.3) is 0 Å². The molecule has 0 aliphatic rings. The number of benzene rings is 1. The lowest BCUT2D eigenvalue weighted by atomic mass is 9.87. The van der Waals surface area contributed by atoms with Crippen LogP contribution in [0.2, 0.25) is 0 Å². The Bertz CT molecular complexity index is 460. The Labute approximate surface area is 123 Å². The molecule has 19 heavy (non-hydrogen) atoms. The summed E-state index contributed by atoms with van der Waals surface area (Å²) in [6.45, 7) is 12.2. The van der Waals surface area contributed by atoms with Crippen molar-refractivity contribution in [2.45, 2.75) is 47.2 Å². The first-order valence-corrected chi connectivity index (χ1v) is 7.13. The van der Waals surface area contributed by atoms with Crippen LogP contribution in [0.4, 0.5) is 0 Å². The molecule has 0 heterocycles. The van der Waals surface area contributed by atoms with Crippen LogP contribution in [0, 0.1) is 12.3 Å². The highest BCUT2D eigenvalue weighted by molar-refractivity contribution is 7.80. The molecule has 0 aliphatic carbocycles. The van der Waals surface area contributed by atoms with E-state index in [0.29, 0.717) is 11.0 Å². The minimum Gasteiger partial charge on any atom is -0.389 e. The molecule has 0 radical (unpaired) electrons. The largest absolute Gasteiger partial charge is 0.389 e. The molecule has 0 saturated heterocycles. The van der Waals surface area contributed by atoms with Crippen molar-refractivity contribution in [1.29, 1.82) is 0 Å². The fourth-order valence-electron chi connectivity index (χ4n) is 2.09. The molecule has 106 valence electrons. The van der Waals surface area contributed by atoms with Crippen molar-refractivity contribution in [2.75, 3.05) is 7.05 Å². The average molecular weight is 278 g/mol. The Morgan fingerprint density at radius 3 is 2.37 bits per heavy atom. The lowest BCUT2D eigenvalue weighted by Crippen LogP contribution is -2.38. The summed E-state index contributed by atoms with van der Waals surface area (Å²) in [5.41, 5.74) is 9.47. The summed E-state index contributed by atoms with van der Waals surface area (Å²) in [6, 6.07) is 6.74. The van der Waals surface area contributed by atoms with Gasteiger partial charge in [-0.15, -0.1) is 0 Å². The van der Waals surface area contributed by atoms with E-state index in [2.05, 4.69) is 58.7 Å². The first kappa shape index (κ1) is 16.1. The highest BCUT2D eigenvalue weighted by Gasteiger charge is 2.23. The molecule has 1 unspecified atom stereocenters. The van der Waals surface area contributed by atoms with E-state index < -0.39 is 0 Å². The second kappa shape index (κ2) is 6.02. The lowest BCUT2D eigenvalue weighted by Gasteiger charge is -2.35. The van der Waals surface area contributed by atoms with Crippen LogP contribution >= 0.6 is 12.2 Å². The van der Waals surface area contributed by atoms with Gasteiger partial charge in [0.2, 0.25) is 0 Å². The first-order chi connectivity index (χ1) is 8.62. The standard InChI is InChI=1S/C16H26N2S/c1-11-9-13(15(17)19)7-8-14(11)10-18(6)12(2)16(3,4)5/h7-9,12H,10H2,1-6H3,(H2,17,19). The molecule has 1 rings (SSSR count). The Hall–Kier alpha value is -0.930. The van der Waals surface area contributed by atoms with Crippen molar-refractivity contribution in [1.82, 2.24) is 4.90 Å². The van der Waals surface area contributed by atoms with Crippen LogP contribution in [0.25, 0.3) is 0 Å². The van der Waals surface area contributed by atoms with Crippen molar-refractivity contribution in [3.05, 3.63) is 34.9 Å². The SMILES string of the molecule is Cc1cc(C(N)=S)ccc1CN(C)C(C)C(C)(C)C. The van der Waals surface area contributed by atoms with Crippen molar-refractivity contribution in [2.24, 2.45) is 11.1 Å². The summed E-state index contributed by atoms with van der Waals surface area (Å²) in [6.07, 6.45) is 0. The number of nitrogens with two attached hydrogens (primary N) is 1. The summed E-state index contributed by atoms with van der Waals surface area (Å²) in [4.78, 5) is 2.86. The molecule has 0 spiro atoms. The Kier molecular flexibility index (Phi) is 5.11. The monoisotopic (exact) mass is 278 g/mol. The highest BCUT2D eigenvalue weighted by Crippen LogP contribution is 2.25. The molecule has 0 amide bonds. The van der Waals surface area contributed by atoms with Gasteiger partial charge in [-0.2, -0.15) is 0 Å². The molecule has 0 aromatic heterocycles. The number of rotatable bonds is 4. The maximum atomic E-state index is 5.66. The normalized spacial score (nSPS) is 13.6. The highest BCUT2D eigenvalue weighted by atomic mass is 32.1. The Morgan fingerprint density at radius 1 is 1.37 bits per heavy atom. The van der Waals surface area contributed by atoms with Gasteiger partial charge in [0.05, 0.1) is 0 Å². The van der Waals surface area contributed by atoms with Gasteiger partial charge in [-0.3, -0.25) is 4.90 Å². The maximum absolute atomic E-state index is 5.66. The van der Waals surface area contributed by atoms with Crippen LogP contribution in [0.1, 0.15) is 44.4 Å². The van der Waals surface area contributed by atoms with Gasteiger partial charge in [0, 0.05) is 18.2 Å². The number of aryl methyl sites for hydroxylation is 1. The second-order valence-electron chi connectivity index (χ2n) is 6.46. The predicted molar refractivity (Wildman–Crippen MR) is 87.5 cm³/mol. The van der Waals surface area contributed by atoms with Crippen LogP contribution in [0.3, 0.4) is 0 Å². The quantitative estimate of drug-likeness (QED) is 0.855. The number of thiocarbonyl (C=S) groups is 1. The van der Waals surface area contributed by atoms with E-state index in [1.54, 1.807) is 0 Å². The topological polar surface area (TPSA) is 29.3 Å². The van der Waals surface area contributed by atoms with Gasteiger partial charge in [-0.25, -0.2) is 0 Å². The van der Waals surface area contributed by atoms with E-state index in [-0.39, 0.29) is 5.41 Å². The summed E-state index contributed by atoms with van der Waals surface area (Å²) in [7, 11) is 2.18. The molecule has 1 aromatic rings. The van der Waals surface area contributed by atoms with Crippen LogP contribution in [0.5, 0.6) is 0 Å². The third-order valence-corrected chi connectivity index (χ3v) is 4.20. The van der Waals surface area contributed by atoms with Gasteiger partial charge in [-0.1, -0.05) is 45.1 Å². The molecule has 1 atom stereocenters. The first-order valence-electron chi connectivity index (χ1n) is 6.72. The molecular weight excluding hydrogens is 252 g/mol. The molecule has 0 saturated carbocycles. The molecule has 2 nitrogen and oxygen atoms in total. The summed E-state index contributed by atoms with van der Waals surface area (Å²) < 4.78 is 0. The molecule has 2 N–H and O–H groups in total. The van der Waals surface area contributed by atoms with Crippen LogP contribution in [0.15, 0.2) is 18.2 Å². The van der Waals surface area contributed by atoms with Gasteiger partial charge in [0.15, 0.2) is 0 Å². The maximum Gasteiger partial charge on any atom is 0.103 e. The van der Waals surface area contributed by atoms with Crippen LogP contribution in [-0.4, -0.2) is 23.0 Å². The minimum absolute atomic E-state index is 0.279. The fourth-order valence-corrected chi connectivity index (χ4v) is 2.22. The molecule has 0 fully saturated rings. The van der Waals surface area contributed by atoms with Gasteiger partial charge in [0.1, 0.15) is 4.99 Å². The van der Waals surface area contributed by atoms with E-state index in [0.717, 1.165) is 12.1 Å². The number of hydrogen-bond acceptors (Lipinski definition) is 2. The van der Waals surface area contributed by atoms with Gasteiger partial charge in [-0.05, 0) is 43.5 Å². The van der Waals surface area contributed by atoms with E-state index in [1.165, 1.54) is 11.1 Å². The zero-order valence-corrected chi connectivity index (χ0v) is 13.8. The minimum atomic E-state index is 0.279. The molecule has 1 aromatic carbocycles. The molecule has 3 heteroatoms. The zero-order chi connectivity index (χ0) is 14.8. The summed E-state index contributed by atoms with van der Waals surface area (Å²) >= 11 is 5.01. The van der Waals surface area contributed by atoms with Gasteiger partial charge < -0.3 is 5.73 Å². The molecular formula is C16H26N2S. The second-order valence-corrected chi connectivity index (χ2v) is 6.90. The van der Waals surface area contributed by atoms with Crippen LogP contribution in [-0.2, 0) is 6.54 Å². The summed E-state index contributed by atoms with van der Waals surface area (Å²) in [5, 5.41) is 0. The molecule has 0 bridgehead atoms. The zero-order valence-electron chi connectivity index (χ0n) is 12.9. The number of hydrogen-bond donors (Lipinski definition) is 1. The smallest absolute Gasteiger partial charge is 0.103 e. The Balaban J connectivity index is 2.86. The fraction of sp³-hybridized carbons (Fsp3) is 0.562. The predicted octanol–water partition coefficient (Wildman–Crippen LogP) is 3.50.